The molecule has 1 spiro atoms. The zero-order chi connectivity index (χ0) is 29.4. The number of amides is 1. The lowest BCUT2D eigenvalue weighted by molar-refractivity contribution is -0.0434. The Labute approximate surface area is 263 Å². The van der Waals surface area contributed by atoms with Crippen LogP contribution in [0.15, 0.2) is 10.5 Å². The maximum Gasteiger partial charge on any atom is 0.410 e. The van der Waals surface area contributed by atoms with Crippen LogP contribution >= 0.6 is 38.5 Å². The standard InChI is InChI=1S/C29H40BrFIN5O4/c1-5-39-15-14-35-10-6-19(7-11-35)40-26-33-24-20(16-21(32)22(30)23(24)31)25(34-26)36-12-8-29(9-13-36)17-37(18-29)27(38)41-28(2,3)4/h16,19H,5-15,17-18H2,1-4H3. The number of hydrogen-bond donors (Lipinski definition) is 0. The van der Waals surface area contributed by atoms with Crippen LogP contribution in [0, 0.1) is 14.8 Å². The van der Waals surface area contributed by atoms with E-state index in [4.69, 9.17) is 19.2 Å². The second-order valence-corrected chi connectivity index (χ2v) is 14.3. The summed E-state index contributed by atoms with van der Waals surface area (Å²) in [6, 6.07) is 2.17. The second-order valence-electron chi connectivity index (χ2n) is 12.4. The van der Waals surface area contributed by atoms with Gasteiger partial charge in [-0.1, -0.05) is 0 Å². The van der Waals surface area contributed by atoms with Crippen molar-refractivity contribution in [2.24, 2.45) is 5.41 Å². The van der Waals surface area contributed by atoms with Gasteiger partial charge < -0.3 is 28.9 Å². The van der Waals surface area contributed by atoms with Gasteiger partial charge in [-0.3, -0.25) is 0 Å². The molecule has 0 radical (unpaired) electrons. The average Bonchev–Trinajstić information content (AvgIpc) is 2.91. The number of benzene rings is 1. The van der Waals surface area contributed by atoms with Crippen LogP contribution < -0.4 is 9.64 Å². The molecule has 3 aliphatic rings. The van der Waals surface area contributed by atoms with Crippen molar-refractivity contribution in [1.29, 1.82) is 0 Å². The lowest BCUT2D eigenvalue weighted by Crippen LogP contribution is -2.62. The van der Waals surface area contributed by atoms with Gasteiger partial charge in [0.15, 0.2) is 5.82 Å². The Kier molecular flexibility index (Phi) is 9.52. The number of piperidine rings is 2. The van der Waals surface area contributed by atoms with Crippen LogP contribution in [0.1, 0.15) is 53.4 Å². The molecule has 3 aliphatic heterocycles. The minimum Gasteiger partial charge on any atom is -0.460 e. The second kappa shape index (κ2) is 12.6. The minimum atomic E-state index is -0.501. The highest BCUT2D eigenvalue weighted by Gasteiger charge is 2.48. The van der Waals surface area contributed by atoms with Crippen molar-refractivity contribution < 1.29 is 23.4 Å². The normalized spacial score (nSPS) is 20.0. The molecule has 4 heterocycles. The summed E-state index contributed by atoms with van der Waals surface area (Å²) in [5.41, 5.74) is -0.139. The third kappa shape index (κ3) is 7.18. The Hall–Kier alpha value is -1.51. The number of nitrogens with zero attached hydrogens (tertiary/aromatic N) is 5. The summed E-state index contributed by atoms with van der Waals surface area (Å²) in [4.78, 5) is 28.3. The molecule has 2 aromatic rings. The van der Waals surface area contributed by atoms with Crippen LogP contribution in [0.4, 0.5) is 15.0 Å². The molecule has 9 nitrogen and oxygen atoms in total. The zero-order valence-electron chi connectivity index (χ0n) is 24.4. The maximum absolute atomic E-state index is 15.5. The van der Waals surface area contributed by atoms with Gasteiger partial charge in [0.25, 0.3) is 0 Å². The van der Waals surface area contributed by atoms with Gasteiger partial charge in [-0.25, -0.2) is 9.18 Å². The first kappa shape index (κ1) is 30.9. The highest BCUT2D eigenvalue weighted by Crippen LogP contribution is 2.43. The van der Waals surface area contributed by atoms with Gasteiger partial charge in [0, 0.05) is 66.8 Å². The third-order valence-corrected chi connectivity index (χ3v) is 10.5. The lowest BCUT2D eigenvalue weighted by atomic mass is 9.72. The summed E-state index contributed by atoms with van der Waals surface area (Å²) in [6.45, 7) is 14.8. The first-order valence-corrected chi connectivity index (χ1v) is 16.4. The maximum atomic E-state index is 15.5. The number of halogens is 3. The quantitative estimate of drug-likeness (QED) is 0.198. The fraction of sp³-hybridized carbons (Fsp3) is 0.690. The smallest absolute Gasteiger partial charge is 0.410 e. The Morgan fingerprint density at radius 1 is 1.17 bits per heavy atom. The molecule has 1 aromatic carbocycles. The van der Waals surface area contributed by atoms with Gasteiger partial charge in [-0.15, -0.1) is 0 Å². The Morgan fingerprint density at radius 2 is 1.85 bits per heavy atom. The summed E-state index contributed by atoms with van der Waals surface area (Å²) in [7, 11) is 0. The third-order valence-electron chi connectivity index (χ3n) is 8.18. The molecule has 0 N–H and O–H groups in total. The SMILES string of the molecule is CCOCCN1CCC(Oc2nc(N3CCC4(CC3)CN(C(=O)OC(C)(C)C)C4)c3cc(I)c(Br)c(F)c3n2)CC1. The molecule has 0 saturated carbocycles. The van der Waals surface area contributed by atoms with Gasteiger partial charge in [-0.2, -0.15) is 9.97 Å². The van der Waals surface area contributed by atoms with Crippen molar-refractivity contribution in [3.05, 3.63) is 19.9 Å². The number of likely N-dealkylation sites (tertiary alicyclic amines) is 2. The molecule has 5 rings (SSSR count). The number of hydrogen-bond acceptors (Lipinski definition) is 8. The van der Waals surface area contributed by atoms with E-state index in [1.54, 1.807) is 4.90 Å². The Morgan fingerprint density at radius 3 is 2.49 bits per heavy atom. The molecule has 12 heteroatoms. The fourth-order valence-electron chi connectivity index (χ4n) is 5.90. The molecule has 0 unspecified atom stereocenters. The summed E-state index contributed by atoms with van der Waals surface area (Å²) >= 11 is 5.52. The van der Waals surface area contributed by atoms with E-state index in [1.807, 2.05) is 33.8 Å². The van der Waals surface area contributed by atoms with Gasteiger partial charge in [0.05, 0.1) is 11.1 Å². The van der Waals surface area contributed by atoms with E-state index < -0.39 is 11.4 Å². The van der Waals surface area contributed by atoms with E-state index in [9.17, 15) is 4.79 Å². The first-order valence-electron chi connectivity index (χ1n) is 14.5. The van der Waals surface area contributed by atoms with Gasteiger partial charge >= 0.3 is 12.1 Å². The van der Waals surface area contributed by atoms with Crippen LogP contribution in [0.2, 0.25) is 0 Å². The summed E-state index contributed by atoms with van der Waals surface area (Å²) in [6.07, 6.45) is 3.31. The van der Waals surface area contributed by atoms with Crippen molar-refractivity contribution in [1.82, 2.24) is 19.8 Å². The van der Waals surface area contributed by atoms with Crippen molar-refractivity contribution in [2.75, 3.05) is 63.9 Å². The summed E-state index contributed by atoms with van der Waals surface area (Å²) < 4.78 is 34.0. The predicted octanol–water partition coefficient (Wildman–Crippen LogP) is 5.85. The molecule has 0 bridgehead atoms. The average molecular weight is 748 g/mol. The van der Waals surface area contributed by atoms with E-state index in [0.717, 1.165) is 75.2 Å². The zero-order valence-corrected chi connectivity index (χ0v) is 28.1. The predicted molar refractivity (Wildman–Crippen MR) is 168 cm³/mol. The number of carbonyl (C=O) groups excluding carboxylic acids is 1. The number of ether oxygens (including phenoxy) is 3. The van der Waals surface area contributed by atoms with E-state index in [1.165, 1.54) is 0 Å². The van der Waals surface area contributed by atoms with E-state index in [0.29, 0.717) is 28.8 Å². The van der Waals surface area contributed by atoms with E-state index >= 15 is 4.39 Å². The van der Waals surface area contributed by atoms with Crippen LogP contribution in [0.5, 0.6) is 6.01 Å². The van der Waals surface area contributed by atoms with E-state index in [2.05, 4.69) is 53.3 Å². The summed E-state index contributed by atoms with van der Waals surface area (Å²) in [5, 5.41) is 0.688. The highest BCUT2D eigenvalue weighted by atomic mass is 127. The molecule has 3 fully saturated rings. The fourth-order valence-corrected chi connectivity index (χ4v) is 6.75. The summed E-state index contributed by atoms with van der Waals surface area (Å²) in [5.74, 6) is 0.313. The van der Waals surface area contributed by atoms with Gasteiger partial charge in [0.2, 0.25) is 0 Å². The van der Waals surface area contributed by atoms with Crippen molar-refractivity contribution in [3.63, 3.8) is 0 Å². The first-order chi connectivity index (χ1) is 19.5. The molecular weight excluding hydrogens is 708 g/mol. The number of carbonyl (C=O) groups is 1. The number of rotatable bonds is 7. The highest BCUT2D eigenvalue weighted by molar-refractivity contribution is 14.1. The van der Waals surface area contributed by atoms with Crippen molar-refractivity contribution in [3.8, 4) is 6.01 Å². The molecular formula is C29H40BrFIN5O4. The Bertz CT molecular complexity index is 1250. The number of aromatic nitrogens is 2. The molecule has 0 atom stereocenters. The minimum absolute atomic E-state index is 0.0163. The number of anilines is 1. The van der Waals surface area contributed by atoms with Gasteiger partial charge in [-0.05, 0) is 98.0 Å². The molecule has 3 saturated heterocycles. The molecule has 0 aliphatic carbocycles. The van der Waals surface area contributed by atoms with Crippen molar-refractivity contribution >= 4 is 61.3 Å². The van der Waals surface area contributed by atoms with Crippen LogP contribution in [0.25, 0.3) is 10.9 Å². The molecule has 226 valence electrons. The van der Waals surface area contributed by atoms with Gasteiger partial charge in [0.1, 0.15) is 23.0 Å². The Balaban J connectivity index is 1.29. The van der Waals surface area contributed by atoms with Crippen molar-refractivity contribution in [2.45, 2.75) is 65.1 Å². The molecule has 41 heavy (non-hydrogen) atoms. The van der Waals surface area contributed by atoms with Crippen LogP contribution in [0.3, 0.4) is 0 Å². The number of fused-ring (bicyclic) bond motifs is 1. The van der Waals surface area contributed by atoms with E-state index in [-0.39, 0.29) is 29.1 Å². The molecule has 1 amide bonds. The monoisotopic (exact) mass is 747 g/mol. The van der Waals surface area contributed by atoms with Crippen LogP contribution in [-0.4, -0.2) is 96.6 Å². The largest absolute Gasteiger partial charge is 0.460 e. The lowest BCUT2D eigenvalue weighted by Gasteiger charge is -2.53. The van der Waals surface area contributed by atoms with Crippen LogP contribution in [-0.2, 0) is 9.47 Å². The molecule has 1 aromatic heterocycles. The topological polar surface area (TPSA) is 80.3 Å².